The van der Waals surface area contributed by atoms with Gasteiger partial charge in [0.05, 0.1) is 47.6 Å². The summed E-state index contributed by atoms with van der Waals surface area (Å²) in [4.78, 5) is 33.5. The molecule has 1 atom stereocenters. The predicted molar refractivity (Wildman–Crippen MR) is 138 cm³/mol. The van der Waals surface area contributed by atoms with E-state index in [4.69, 9.17) is 19.2 Å². The number of nitro groups is 1. The maximum absolute atomic E-state index is 13.8. The second kappa shape index (κ2) is 10.8. The van der Waals surface area contributed by atoms with Crippen LogP contribution in [-0.2, 0) is 9.47 Å². The van der Waals surface area contributed by atoms with E-state index in [-0.39, 0.29) is 23.3 Å². The number of thiazole rings is 1. The van der Waals surface area contributed by atoms with Gasteiger partial charge in [0.2, 0.25) is 0 Å². The molecule has 0 radical (unpaired) electrons. The number of aromatic nitrogens is 1. The average molecular weight is 513 g/mol. The first kappa shape index (κ1) is 24.4. The molecule has 36 heavy (non-hydrogen) atoms. The van der Waals surface area contributed by atoms with Crippen LogP contribution < -0.4 is 14.5 Å². The van der Waals surface area contributed by atoms with Gasteiger partial charge in [0, 0.05) is 31.3 Å². The van der Waals surface area contributed by atoms with E-state index in [2.05, 4.69) is 0 Å². The molecule has 1 aromatic heterocycles. The van der Waals surface area contributed by atoms with Crippen LogP contribution in [-0.4, -0.2) is 68.0 Å². The summed E-state index contributed by atoms with van der Waals surface area (Å²) in [7, 11) is 0. The van der Waals surface area contributed by atoms with E-state index in [0.29, 0.717) is 56.9 Å². The molecular formula is C25H28N4O6S. The van der Waals surface area contributed by atoms with Crippen LogP contribution >= 0.6 is 11.3 Å². The first-order chi connectivity index (χ1) is 17.5. The van der Waals surface area contributed by atoms with Crippen LogP contribution in [0.25, 0.3) is 10.2 Å². The van der Waals surface area contributed by atoms with Crippen molar-refractivity contribution < 1.29 is 23.9 Å². The van der Waals surface area contributed by atoms with Crippen molar-refractivity contribution in [3.63, 3.8) is 0 Å². The molecule has 0 spiro atoms. The summed E-state index contributed by atoms with van der Waals surface area (Å²) >= 11 is 1.39. The lowest BCUT2D eigenvalue weighted by Crippen LogP contribution is -2.38. The fraction of sp³-hybridized carbons (Fsp3) is 0.440. The van der Waals surface area contributed by atoms with Gasteiger partial charge in [0.25, 0.3) is 11.6 Å². The van der Waals surface area contributed by atoms with Crippen LogP contribution in [0.15, 0.2) is 36.4 Å². The number of benzene rings is 2. The van der Waals surface area contributed by atoms with Gasteiger partial charge in [0.15, 0.2) is 5.13 Å². The van der Waals surface area contributed by atoms with E-state index < -0.39 is 4.92 Å². The molecule has 2 aliphatic rings. The van der Waals surface area contributed by atoms with E-state index in [1.165, 1.54) is 17.4 Å². The van der Waals surface area contributed by atoms with E-state index in [1.54, 1.807) is 17.0 Å². The number of carbonyl (C=O) groups excluding carboxylic acids is 1. The molecular weight excluding hydrogens is 484 g/mol. The SMILES string of the molecule is CCOc1ccc2nc(N(CC3CCCO3)C(=O)c3ccc(N4CCOCC4)c([N+](=O)[O-])c3)sc2c1. The Morgan fingerprint density at radius 2 is 2.08 bits per heavy atom. The fourth-order valence-electron chi connectivity index (χ4n) is 4.53. The third-order valence-electron chi connectivity index (χ3n) is 6.32. The number of amides is 1. The number of carbonyl (C=O) groups is 1. The molecule has 0 saturated carbocycles. The zero-order valence-electron chi connectivity index (χ0n) is 20.1. The molecule has 2 aliphatic heterocycles. The van der Waals surface area contributed by atoms with Crippen molar-refractivity contribution in [1.29, 1.82) is 0 Å². The van der Waals surface area contributed by atoms with Gasteiger partial charge in [-0.1, -0.05) is 11.3 Å². The molecule has 0 aliphatic carbocycles. The van der Waals surface area contributed by atoms with Crippen LogP contribution in [0.5, 0.6) is 5.75 Å². The summed E-state index contributed by atoms with van der Waals surface area (Å²) in [5, 5.41) is 12.5. The number of fused-ring (bicyclic) bond motifs is 1. The molecule has 0 N–H and O–H groups in total. The number of anilines is 2. The highest BCUT2D eigenvalue weighted by Crippen LogP contribution is 2.35. The van der Waals surface area contributed by atoms with Crippen LogP contribution in [0.3, 0.4) is 0 Å². The van der Waals surface area contributed by atoms with Gasteiger partial charge >= 0.3 is 0 Å². The Morgan fingerprint density at radius 1 is 1.25 bits per heavy atom. The lowest BCUT2D eigenvalue weighted by atomic mass is 10.1. The van der Waals surface area contributed by atoms with Crippen molar-refractivity contribution in [1.82, 2.24) is 4.98 Å². The van der Waals surface area contributed by atoms with Gasteiger partial charge in [-0.15, -0.1) is 0 Å². The van der Waals surface area contributed by atoms with Crippen molar-refractivity contribution in [2.75, 3.05) is 55.9 Å². The topological polar surface area (TPSA) is 107 Å². The smallest absolute Gasteiger partial charge is 0.293 e. The van der Waals surface area contributed by atoms with Crippen molar-refractivity contribution in [3.8, 4) is 5.75 Å². The van der Waals surface area contributed by atoms with E-state index >= 15 is 0 Å². The number of rotatable bonds is 8. The minimum Gasteiger partial charge on any atom is -0.494 e. The minimum atomic E-state index is -0.432. The van der Waals surface area contributed by atoms with Gasteiger partial charge in [-0.2, -0.15) is 0 Å². The number of ether oxygens (including phenoxy) is 3. The van der Waals surface area contributed by atoms with Crippen LogP contribution in [0.2, 0.25) is 0 Å². The zero-order valence-corrected chi connectivity index (χ0v) is 20.9. The number of hydrogen-bond acceptors (Lipinski definition) is 9. The Kier molecular flexibility index (Phi) is 7.30. The minimum absolute atomic E-state index is 0.0922. The van der Waals surface area contributed by atoms with Gasteiger partial charge in [-0.25, -0.2) is 4.98 Å². The highest BCUT2D eigenvalue weighted by Gasteiger charge is 2.30. The Hall–Kier alpha value is -3.28. The number of nitrogens with zero attached hydrogens (tertiary/aromatic N) is 4. The zero-order chi connectivity index (χ0) is 25.1. The lowest BCUT2D eigenvalue weighted by Gasteiger charge is -2.28. The lowest BCUT2D eigenvalue weighted by molar-refractivity contribution is -0.384. The fourth-order valence-corrected chi connectivity index (χ4v) is 5.54. The van der Waals surface area contributed by atoms with Gasteiger partial charge in [0.1, 0.15) is 11.4 Å². The highest BCUT2D eigenvalue weighted by molar-refractivity contribution is 7.22. The number of hydrogen-bond donors (Lipinski definition) is 0. The molecule has 0 bridgehead atoms. The predicted octanol–water partition coefficient (Wildman–Crippen LogP) is 4.27. The van der Waals surface area contributed by atoms with Gasteiger partial charge in [-0.3, -0.25) is 19.8 Å². The average Bonchev–Trinajstić information content (AvgIpc) is 3.57. The normalized spacial score (nSPS) is 17.9. The van der Waals surface area contributed by atoms with Crippen molar-refractivity contribution in [3.05, 3.63) is 52.1 Å². The second-order valence-electron chi connectivity index (χ2n) is 8.67. The van der Waals surface area contributed by atoms with Crippen LogP contribution in [0, 0.1) is 10.1 Å². The van der Waals surface area contributed by atoms with E-state index in [0.717, 1.165) is 28.8 Å². The molecule has 5 rings (SSSR count). The number of morpholine rings is 1. The second-order valence-corrected chi connectivity index (χ2v) is 9.68. The third-order valence-corrected chi connectivity index (χ3v) is 7.36. The molecule has 190 valence electrons. The van der Waals surface area contributed by atoms with Crippen LogP contribution in [0.4, 0.5) is 16.5 Å². The quantitative estimate of drug-likeness (QED) is 0.325. The first-order valence-corrected chi connectivity index (χ1v) is 12.9. The molecule has 2 aromatic carbocycles. The molecule has 2 saturated heterocycles. The Labute approximate surface area is 212 Å². The van der Waals surface area contributed by atoms with E-state index in [9.17, 15) is 14.9 Å². The Balaban J connectivity index is 1.49. The summed E-state index contributed by atoms with van der Waals surface area (Å²) in [5.74, 6) is 0.401. The maximum atomic E-state index is 13.8. The molecule has 1 amide bonds. The Morgan fingerprint density at radius 3 is 2.81 bits per heavy atom. The standard InChI is InChI=1S/C25H28N4O6S/c1-2-34-18-6-7-20-23(15-18)36-25(26-20)28(16-19-4-3-11-35-19)24(30)17-5-8-21(22(14-17)29(31)32)27-9-12-33-13-10-27/h5-8,14-15,19H,2-4,9-13,16H2,1H3. The molecule has 11 heteroatoms. The summed E-state index contributed by atoms with van der Waals surface area (Å²) in [6, 6.07) is 10.3. The monoisotopic (exact) mass is 512 g/mol. The van der Waals surface area contributed by atoms with Crippen LogP contribution in [0.1, 0.15) is 30.1 Å². The maximum Gasteiger partial charge on any atom is 0.293 e. The molecule has 3 aromatic rings. The third kappa shape index (κ3) is 5.13. The van der Waals surface area contributed by atoms with E-state index in [1.807, 2.05) is 30.0 Å². The van der Waals surface area contributed by atoms with Crippen molar-refractivity contribution >= 4 is 44.0 Å². The largest absolute Gasteiger partial charge is 0.494 e. The van der Waals surface area contributed by atoms with Gasteiger partial charge < -0.3 is 19.1 Å². The summed E-state index contributed by atoms with van der Waals surface area (Å²) in [6.07, 6.45) is 1.67. The highest BCUT2D eigenvalue weighted by atomic mass is 32.1. The van der Waals surface area contributed by atoms with Gasteiger partial charge in [-0.05, 0) is 50.1 Å². The summed E-state index contributed by atoms with van der Waals surface area (Å²) in [5.41, 5.74) is 1.41. The van der Waals surface area contributed by atoms with Crippen molar-refractivity contribution in [2.24, 2.45) is 0 Å². The first-order valence-electron chi connectivity index (χ1n) is 12.1. The summed E-state index contributed by atoms with van der Waals surface area (Å²) in [6.45, 7) is 5.61. The summed E-state index contributed by atoms with van der Waals surface area (Å²) < 4.78 is 17.7. The number of nitro benzene ring substituents is 1. The van der Waals surface area contributed by atoms with Crippen molar-refractivity contribution in [2.45, 2.75) is 25.9 Å². The Bertz CT molecular complexity index is 1250. The molecule has 3 heterocycles. The molecule has 2 fully saturated rings. The molecule has 10 nitrogen and oxygen atoms in total. The molecule has 1 unspecified atom stereocenters.